The third kappa shape index (κ3) is 3.41. The summed E-state index contributed by atoms with van der Waals surface area (Å²) in [6.07, 6.45) is 11.4. The number of ether oxygens (including phenoxy) is 1. The molecule has 152 valence electrons. The van der Waals surface area contributed by atoms with Crippen LogP contribution >= 0.6 is 0 Å². The van der Waals surface area contributed by atoms with Crippen molar-refractivity contribution < 1.29 is 4.74 Å². The Hall–Kier alpha value is -3.32. The molecule has 4 aromatic rings. The Morgan fingerprint density at radius 3 is 2.60 bits per heavy atom. The fraction of sp³-hybridized carbons (Fsp3) is 0.304. The Balaban J connectivity index is 1.48. The molecule has 0 unspecified atom stereocenters. The largest absolute Gasteiger partial charge is 0.381 e. The van der Waals surface area contributed by atoms with Crippen LogP contribution in [0.15, 0.2) is 60.0 Å². The molecule has 7 heteroatoms. The van der Waals surface area contributed by atoms with Gasteiger partial charge in [0, 0.05) is 62.4 Å². The second-order valence-electron chi connectivity index (χ2n) is 7.71. The highest BCUT2D eigenvalue weighted by molar-refractivity contribution is 5.58. The van der Waals surface area contributed by atoms with Crippen molar-refractivity contribution in [2.45, 2.75) is 25.2 Å². The molecule has 7 nitrogen and oxygen atoms in total. The first-order chi connectivity index (χ1) is 14.7. The molecule has 1 fully saturated rings. The van der Waals surface area contributed by atoms with E-state index in [1.807, 2.05) is 23.6 Å². The lowest BCUT2D eigenvalue weighted by molar-refractivity contribution is 0.0835. The molecule has 4 heterocycles. The molecule has 0 bridgehead atoms. The van der Waals surface area contributed by atoms with Crippen molar-refractivity contribution in [1.29, 1.82) is 0 Å². The van der Waals surface area contributed by atoms with E-state index in [0.717, 1.165) is 54.4 Å². The van der Waals surface area contributed by atoms with Gasteiger partial charge in [0.2, 0.25) is 0 Å². The average molecular weight is 401 g/mol. The lowest BCUT2D eigenvalue weighted by atomic mass is 9.99. The van der Waals surface area contributed by atoms with E-state index in [-0.39, 0.29) is 5.56 Å². The minimum Gasteiger partial charge on any atom is -0.381 e. The highest BCUT2D eigenvalue weighted by Crippen LogP contribution is 2.26. The van der Waals surface area contributed by atoms with Crippen LogP contribution in [0.5, 0.6) is 0 Å². The van der Waals surface area contributed by atoms with Crippen molar-refractivity contribution in [2.24, 2.45) is 7.05 Å². The van der Waals surface area contributed by atoms with Crippen molar-refractivity contribution >= 4 is 5.52 Å². The summed E-state index contributed by atoms with van der Waals surface area (Å²) in [4.78, 5) is 26.0. The maximum absolute atomic E-state index is 12.9. The molecule has 30 heavy (non-hydrogen) atoms. The number of rotatable bonds is 4. The Morgan fingerprint density at radius 1 is 1.07 bits per heavy atom. The number of fused-ring (bicyclic) bond motifs is 1. The summed E-state index contributed by atoms with van der Waals surface area (Å²) in [5.41, 5.74) is 4.55. The van der Waals surface area contributed by atoms with Crippen LogP contribution in [0.3, 0.4) is 0 Å². The van der Waals surface area contributed by atoms with Gasteiger partial charge in [-0.1, -0.05) is 24.3 Å². The Morgan fingerprint density at radius 2 is 1.87 bits per heavy atom. The predicted octanol–water partition coefficient (Wildman–Crippen LogP) is 2.97. The number of aromatic nitrogens is 5. The van der Waals surface area contributed by atoms with E-state index < -0.39 is 0 Å². The Kier molecular flexibility index (Phi) is 4.88. The highest BCUT2D eigenvalue weighted by atomic mass is 16.5. The zero-order chi connectivity index (χ0) is 20.5. The molecule has 0 spiro atoms. The molecule has 0 radical (unpaired) electrons. The topological polar surface area (TPSA) is 74.3 Å². The van der Waals surface area contributed by atoms with Crippen molar-refractivity contribution in [3.63, 3.8) is 0 Å². The number of benzene rings is 1. The van der Waals surface area contributed by atoms with Crippen LogP contribution in [0.2, 0.25) is 0 Å². The SMILES string of the molecule is Cn1c(Cc2ccc(-c3cnccn3)cc2)cn2c(C3CCOCC3)ncc2c1=O. The number of nitrogens with zero attached hydrogens (tertiary/aromatic N) is 5. The molecule has 5 rings (SSSR count). The summed E-state index contributed by atoms with van der Waals surface area (Å²) in [6.45, 7) is 1.49. The molecule has 1 aromatic carbocycles. The lowest BCUT2D eigenvalue weighted by Crippen LogP contribution is -2.24. The third-order valence-corrected chi connectivity index (χ3v) is 5.84. The molecule has 0 N–H and O–H groups in total. The molecule has 0 atom stereocenters. The fourth-order valence-electron chi connectivity index (χ4n) is 4.08. The van der Waals surface area contributed by atoms with Crippen LogP contribution < -0.4 is 5.56 Å². The van der Waals surface area contributed by atoms with Gasteiger partial charge in [-0.2, -0.15) is 0 Å². The van der Waals surface area contributed by atoms with E-state index in [9.17, 15) is 4.79 Å². The lowest BCUT2D eigenvalue weighted by Gasteiger charge is -2.21. The minimum atomic E-state index is -0.0190. The molecular formula is C23H23N5O2. The van der Waals surface area contributed by atoms with Gasteiger partial charge in [0.05, 0.1) is 18.1 Å². The molecule has 1 aliphatic rings. The molecule has 1 aliphatic heterocycles. The van der Waals surface area contributed by atoms with Crippen molar-refractivity contribution in [3.8, 4) is 11.3 Å². The summed E-state index contributed by atoms with van der Waals surface area (Å²) in [7, 11) is 1.83. The van der Waals surface area contributed by atoms with E-state index in [1.54, 1.807) is 29.4 Å². The summed E-state index contributed by atoms with van der Waals surface area (Å²) in [5, 5.41) is 0. The van der Waals surface area contributed by atoms with Gasteiger partial charge >= 0.3 is 0 Å². The maximum atomic E-state index is 12.9. The van der Waals surface area contributed by atoms with E-state index in [4.69, 9.17) is 4.74 Å². The molecular weight excluding hydrogens is 378 g/mol. The van der Waals surface area contributed by atoms with Gasteiger partial charge in [-0.25, -0.2) is 4.98 Å². The van der Waals surface area contributed by atoms with Gasteiger partial charge in [0.1, 0.15) is 11.3 Å². The first-order valence-electron chi connectivity index (χ1n) is 10.2. The zero-order valence-corrected chi connectivity index (χ0v) is 16.9. The summed E-state index contributed by atoms with van der Waals surface area (Å²) >= 11 is 0. The number of hydrogen-bond donors (Lipinski definition) is 0. The average Bonchev–Trinajstić information content (AvgIpc) is 3.23. The van der Waals surface area contributed by atoms with Gasteiger partial charge in [0.25, 0.3) is 5.56 Å². The van der Waals surface area contributed by atoms with Crippen molar-refractivity contribution in [2.75, 3.05) is 13.2 Å². The third-order valence-electron chi connectivity index (χ3n) is 5.84. The van der Waals surface area contributed by atoms with Crippen LogP contribution in [0.25, 0.3) is 16.8 Å². The Labute approximate surface area is 174 Å². The quantitative estimate of drug-likeness (QED) is 0.526. The monoisotopic (exact) mass is 401 g/mol. The Bertz CT molecular complexity index is 1220. The van der Waals surface area contributed by atoms with Crippen LogP contribution in [0.4, 0.5) is 0 Å². The van der Waals surface area contributed by atoms with E-state index >= 15 is 0 Å². The normalized spacial score (nSPS) is 15.0. The predicted molar refractivity (Wildman–Crippen MR) is 114 cm³/mol. The van der Waals surface area contributed by atoms with E-state index in [1.165, 1.54) is 0 Å². The van der Waals surface area contributed by atoms with Gasteiger partial charge in [0.15, 0.2) is 0 Å². The molecule has 1 saturated heterocycles. The fourth-order valence-corrected chi connectivity index (χ4v) is 4.08. The smallest absolute Gasteiger partial charge is 0.276 e. The number of hydrogen-bond acceptors (Lipinski definition) is 5. The first-order valence-corrected chi connectivity index (χ1v) is 10.2. The van der Waals surface area contributed by atoms with Crippen LogP contribution in [-0.2, 0) is 18.2 Å². The van der Waals surface area contributed by atoms with Crippen molar-refractivity contribution in [3.05, 3.63) is 82.7 Å². The first kappa shape index (κ1) is 18.7. The minimum absolute atomic E-state index is 0.0190. The van der Waals surface area contributed by atoms with Gasteiger partial charge in [-0.05, 0) is 18.4 Å². The standard InChI is InChI=1S/C23H23N5O2/c1-27-19(12-16-2-4-17(5-3-16)20-13-24-8-9-25-20)15-28-21(23(27)29)14-26-22(28)18-6-10-30-11-7-18/h2-5,8-9,13-15,18H,6-7,10-12H2,1H3. The second kappa shape index (κ2) is 7.84. The van der Waals surface area contributed by atoms with E-state index in [2.05, 4.69) is 33.3 Å². The van der Waals surface area contributed by atoms with Gasteiger partial charge in [-0.3, -0.25) is 19.2 Å². The second-order valence-corrected chi connectivity index (χ2v) is 7.71. The number of imidazole rings is 1. The molecule has 0 aliphatic carbocycles. The molecule has 0 saturated carbocycles. The van der Waals surface area contributed by atoms with Crippen LogP contribution in [0, 0.1) is 0 Å². The van der Waals surface area contributed by atoms with Crippen LogP contribution in [0.1, 0.15) is 35.8 Å². The van der Waals surface area contributed by atoms with Crippen LogP contribution in [-0.4, -0.2) is 37.1 Å². The zero-order valence-electron chi connectivity index (χ0n) is 16.9. The summed E-state index contributed by atoms with van der Waals surface area (Å²) in [6, 6.07) is 8.24. The van der Waals surface area contributed by atoms with Gasteiger partial charge < -0.3 is 9.30 Å². The summed E-state index contributed by atoms with van der Waals surface area (Å²) in [5.74, 6) is 1.29. The summed E-state index contributed by atoms with van der Waals surface area (Å²) < 4.78 is 9.20. The highest BCUT2D eigenvalue weighted by Gasteiger charge is 2.22. The molecule has 0 amide bonds. The molecule has 3 aromatic heterocycles. The maximum Gasteiger partial charge on any atom is 0.276 e. The van der Waals surface area contributed by atoms with Crippen molar-refractivity contribution in [1.82, 2.24) is 23.9 Å². The van der Waals surface area contributed by atoms with Gasteiger partial charge in [-0.15, -0.1) is 0 Å². The van der Waals surface area contributed by atoms with E-state index in [0.29, 0.717) is 17.9 Å².